The van der Waals surface area contributed by atoms with Crippen molar-refractivity contribution in [2.24, 2.45) is 5.92 Å². The molecule has 2 saturated heterocycles. The van der Waals surface area contributed by atoms with Crippen LogP contribution in [-0.4, -0.2) is 48.9 Å². The molecule has 0 spiro atoms. The maximum Gasteiger partial charge on any atom is 0.251 e. The first-order valence-corrected chi connectivity index (χ1v) is 8.09. The van der Waals surface area contributed by atoms with Crippen LogP contribution in [0.3, 0.4) is 0 Å². The Kier molecular flexibility index (Phi) is 6.42. The molecule has 2 aliphatic heterocycles. The van der Waals surface area contributed by atoms with E-state index in [0.29, 0.717) is 5.56 Å². The standard InChI is InChI=1S/C17H23N3O2.ClH/c21-16(13-4-2-1-3-5-13)19-15-7-10-20(11-8-15)17(22)14-6-9-18-12-14;/h1-5,14-15,18H,6-12H2,(H,19,21);1H. The average Bonchev–Trinajstić information content (AvgIpc) is 3.10. The van der Waals surface area contributed by atoms with E-state index in [1.165, 1.54) is 0 Å². The topological polar surface area (TPSA) is 61.4 Å². The maximum atomic E-state index is 12.3. The highest BCUT2D eigenvalue weighted by molar-refractivity contribution is 5.94. The molecule has 2 fully saturated rings. The second kappa shape index (κ2) is 8.31. The summed E-state index contributed by atoms with van der Waals surface area (Å²) in [5.74, 6) is 0.402. The van der Waals surface area contributed by atoms with Gasteiger partial charge in [-0.05, 0) is 37.9 Å². The van der Waals surface area contributed by atoms with Gasteiger partial charge in [0.1, 0.15) is 0 Å². The zero-order chi connectivity index (χ0) is 15.4. The number of hydrogen-bond donors (Lipinski definition) is 2. The van der Waals surface area contributed by atoms with Gasteiger partial charge in [0.2, 0.25) is 5.91 Å². The Morgan fingerprint density at radius 1 is 1.09 bits per heavy atom. The Hall–Kier alpha value is -1.59. The van der Waals surface area contributed by atoms with Crippen LogP contribution in [0, 0.1) is 5.92 Å². The second-order valence-electron chi connectivity index (χ2n) is 6.13. The van der Waals surface area contributed by atoms with E-state index in [1.54, 1.807) is 0 Å². The second-order valence-corrected chi connectivity index (χ2v) is 6.13. The van der Waals surface area contributed by atoms with Gasteiger partial charge in [-0.1, -0.05) is 18.2 Å². The fraction of sp³-hybridized carbons (Fsp3) is 0.529. The molecule has 1 unspecified atom stereocenters. The van der Waals surface area contributed by atoms with Gasteiger partial charge in [-0.2, -0.15) is 0 Å². The third-order valence-corrected chi connectivity index (χ3v) is 4.59. The Morgan fingerprint density at radius 3 is 2.39 bits per heavy atom. The zero-order valence-corrected chi connectivity index (χ0v) is 14.0. The molecule has 1 atom stereocenters. The fourth-order valence-corrected chi connectivity index (χ4v) is 3.23. The van der Waals surface area contributed by atoms with E-state index >= 15 is 0 Å². The van der Waals surface area contributed by atoms with Crippen molar-refractivity contribution in [2.45, 2.75) is 25.3 Å². The number of benzene rings is 1. The lowest BCUT2D eigenvalue weighted by Crippen LogP contribution is -2.48. The number of piperidine rings is 1. The third-order valence-electron chi connectivity index (χ3n) is 4.59. The Balaban J connectivity index is 0.00000192. The Labute approximate surface area is 143 Å². The van der Waals surface area contributed by atoms with E-state index in [2.05, 4.69) is 10.6 Å². The molecule has 23 heavy (non-hydrogen) atoms. The van der Waals surface area contributed by atoms with Crippen LogP contribution in [0.2, 0.25) is 0 Å². The zero-order valence-electron chi connectivity index (χ0n) is 13.2. The minimum absolute atomic E-state index is 0. The van der Waals surface area contributed by atoms with Crippen LogP contribution in [0.25, 0.3) is 0 Å². The smallest absolute Gasteiger partial charge is 0.251 e. The molecule has 2 N–H and O–H groups in total. The number of carbonyl (C=O) groups is 2. The molecule has 1 aromatic carbocycles. The SMILES string of the molecule is Cl.O=C(NC1CCN(C(=O)C2CCNC2)CC1)c1ccccc1. The van der Waals surface area contributed by atoms with Gasteiger partial charge in [0.25, 0.3) is 5.91 Å². The third kappa shape index (κ3) is 4.45. The number of hydrogen-bond acceptors (Lipinski definition) is 3. The van der Waals surface area contributed by atoms with E-state index < -0.39 is 0 Å². The summed E-state index contributed by atoms with van der Waals surface area (Å²) in [7, 11) is 0. The normalized spacial score (nSPS) is 21.6. The molecule has 0 aromatic heterocycles. The lowest BCUT2D eigenvalue weighted by Gasteiger charge is -2.33. The summed E-state index contributed by atoms with van der Waals surface area (Å²) in [4.78, 5) is 26.4. The van der Waals surface area contributed by atoms with Gasteiger partial charge in [0.05, 0.1) is 5.92 Å². The highest BCUT2D eigenvalue weighted by Gasteiger charge is 2.30. The molecule has 2 amide bonds. The van der Waals surface area contributed by atoms with Crippen LogP contribution in [0.5, 0.6) is 0 Å². The number of likely N-dealkylation sites (tertiary alicyclic amines) is 1. The first-order valence-electron chi connectivity index (χ1n) is 8.09. The van der Waals surface area contributed by atoms with Crippen molar-refractivity contribution in [3.8, 4) is 0 Å². The molecule has 0 aliphatic carbocycles. The molecule has 0 radical (unpaired) electrons. The van der Waals surface area contributed by atoms with Crippen molar-refractivity contribution in [3.05, 3.63) is 35.9 Å². The van der Waals surface area contributed by atoms with Crippen molar-refractivity contribution in [1.82, 2.24) is 15.5 Å². The van der Waals surface area contributed by atoms with Crippen LogP contribution in [-0.2, 0) is 4.79 Å². The molecule has 0 saturated carbocycles. The molecule has 6 heteroatoms. The van der Waals surface area contributed by atoms with Gasteiger partial charge in [-0.15, -0.1) is 12.4 Å². The number of halogens is 1. The van der Waals surface area contributed by atoms with Crippen LogP contribution in [0.4, 0.5) is 0 Å². The molecule has 0 bridgehead atoms. The monoisotopic (exact) mass is 337 g/mol. The lowest BCUT2D eigenvalue weighted by molar-refractivity contribution is -0.136. The number of amides is 2. The lowest BCUT2D eigenvalue weighted by atomic mass is 10.0. The highest BCUT2D eigenvalue weighted by atomic mass is 35.5. The van der Waals surface area contributed by atoms with Gasteiger partial charge >= 0.3 is 0 Å². The molecule has 5 nitrogen and oxygen atoms in total. The molecule has 126 valence electrons. The fourth-order valence-electron chi connectivity index (χ4n) is 3.23. The largest absolute Gasteiger partial charge is 0.349 e. The summed E-state index contributed by atoms with van der Waals surface area (Å²) >= 11 is 0. The number of nitrogens with one attached hydrogen (secondary N) is 2. The first kappa shape index (κ1) is 17.8. The summed E-state index contributed by atoms with van der Waals surface area (Å²) in [5.41, 5.74) is 0.693. The molecular formula is C17H24ClN3O2. The van der Waals surface area contributed by atoms with Crippen LogP contribution in [0.1, 0.15) is 29.6 Å². The van der Waals surface area contributed by atoms with Gasteiger partial charge < -0.3 is 15.5 Å². The van der Waals surface area contributed by atoms with E-state index in [-0.39, 0.29) is 36.2 Å². The number of nitrogens with zero attached hydrogens (tertiary/aromatic N) is 1. The van der Waals surface area contributed by atoms with Crippen LogP contribution in [0.15, 0.2) is 30.3 Å². The van der Waals surface area contributed by atoms with Crippen molar-refractivity contribution < 1.29 is 9.59 Å². The molecule has 2 aliphatic rings. The van der Waals surface area contributed by atoms with E-state index in [4.69, 9.17) is 0 Å². The summed E-state index contributed by atoms with van der Waals surface area (Å²) in [5, 5.41) is 6.32. The molecule has 3 rings (SSSR count). The van der Waals surface area contributed by atoms with E-state index in [1.807, 2.05) is 35.2 Å². The van der Waals surface area contributed by atoms with E-state index in [9.17, 15) is 9.59 Å². The van der Waals surface area contributed by atoms with Gasteiger partial charge in [-0.25, -0.2) is 0 Å². The summed E-state index contributed by atoms with van der Waals surface area (Å²) in [6, 6.07) is 9.44. The van der Waals surface area contributed by atoms with Gasteiger partial charge in [0, 0.05) is 31.2 Å². The maximum absolute atomic E-state index is 12.3. The molecule has 2 heterocycles. The summed E-state index contributed by atoms with van der Waals surface area (Å²) < 4.78 is 0. The first-order chi connectivity index (χ1) is 10.7. The number of rotatable bonds is 3. The van der Waals surface area contributed by atoms with Crippen LogP contribution < -0.4 is 10.6 Å². The van der Waals surface area contributed by atoms with Crippen molar-refractivity contribution in [1.29, 1.82) is 0 Å². The minimum atomic E-state index is -0.0228. The van der Waals surface area contributed by atoms with Crippen LogP contribution >= 0.6 is 12.4 Å². The highest BCUT2D eigenvalue weighted by Crippen LogP contribution is 2.17. The minimum Gasteiger partial charge on any atom is -0.349 e. The van der Waals surface area contributed by atoms with Crippen molar-refractivity contribution >= 4 is 24.2 Å². The molecular weight excluding hydrogens is 314 g/mol. The van der Waals surface area contributed by atoms with Gasteiger partial charge in [0.15, 0.2) is 0 Å². The van der Waals surface area contributed by atoms with E-state index in [0.717, 1.165) is 45.4 Å². The average molecular weight is 338 g/mol. The summed E-state index contributed by atoms with van der Waals surface area (Å²) in [6.07, 6.45) is 2.62. The molecule has 1 aromatic rings. The predicted molar refractivity (Wildman–Crippen MR) is 91.7 cm³/mol. The quantitative estimate of drug-likeness (QED) is 0.877. The van der Waals surface area contributed by atoms with Crippen molar-refractivity contribution in [2.75, 3.05) is 26.2 Å². The Bertz CT molecular complexity index is 524. The van der Waals surface area contributed by atoms with Gasteiger partial charge in [-0.3, -0.25) is 9.59 Å². The summed E-state index contributed by atoms with van der Waals surface area (Å²) in [6.45, 7) is 3.24. The predicted octanol–water partition coefficient (Wildman–Crippen LogP) is 1.44. The van der Waals surface area contributed by atoms with Crippen molar-refractivity contribution in [3.63, 3.8) is 0 Å². The Morgan fingerprint density at radius 2 is 1.78 bits per heavy atom. The number of carbonyl (C=O) groups excluding carboxylic acids is 2.